The number of rotatable bonds is 2. The Labute approximate surface area is 130 Å². The standard InChI is InChI=1S/C14H15I2N/c1-14(2,15)11-8-4-6-10-7-5-9-12(13(10)11)17(3)16/h4-9H,1-3H3. The van der Waals surface area contributed by atoms with Gasteiger partial charge >= 0.3 is 0 Å². The lowest BCUT2D eigenvalue weighted by Gasteiger charge is -2.23. The molecule has 0 spiro atoms. The molecule has 0 saturated carbocycles. The molecule has 2 rings (SSSR count). The molecule has 2 aromatic carbocycles. The van der Waals surface area contributed by atoms with Gasteiger partial charge in [-0.3, -0.25) is 0 Å². The molecular weight excluding hydrogens is 436 g/mol. The molecule has 0 aliphatic heterocycles. The van der Waals surface area contributed by atoms with Crippen molar-refractivity contribution in [1.82, 2.24) is 0 Å². The molecule has 0 radical (unpaired) electrons. The lowest BCUT2D eigenvalue weighted by atomic mass is 9.95. The van der Waals surface area contributed by atoms with E-state index in [0.717, 1.165) is 0 Å². The predicted molar refractivity (Wildman–Crippen MR) is 93.4 cm³/mol. The number of halogens is 2. The maximum Gasteiger partial charge on any atom is 0.0588 e. The Hall–Kier alpha value is -0.0400. The number of fused-ring (bicyclic) bond motifs is 1. The fraction of sp³-hybridized carbons (Fsp3) is 0.286. The summed E-state index contributed by atoms with van der Waals surface area (Å²) in [5.41, 5.74) is 2.68. The van der Waals surface area contributed by atoms with Crippen molar-refractivity contribution in [2.75, 3.05) is 10.2 Å². The molecule has 0 atom stereocenters. The maximum absolute atomic E-state index is 2.51. The van der Waals surface area contributed by atoms with Crippen LogP contribution in [0.1, 0.15) is 19.4 Å². The number of benzene rings is 2. The molecule has 0 saturated heterocycles. The van der Waals surface area contributed by atoms with E-state index in [9.17, 15) is 0 Å². The molecule has 0 aromatic heterocycles. The molecule has 0 bridgehead atoms. The van der Waals surface area contributed by atoms with Crippen molar-refractivity contribution in [2.45, 2.75) is 17.3 Å². The van der Waals surface area contributed by atoms with Gasteiger partial charge in [-0.25, -0.2) is 0 Å². The van der Waals surface area contributed by atoms with E-state index in [0.29, 0.717) is 0 Å². The highest BCUT2D eigenvalue weighted by Gasteiger charge is 2.20. The SMILES string of the molecule is CN(I)c1cccc2cccc(C(C)(C)I)c12. The Morgan fingerprint density at radius 1 is 1.06 bits per heavy atom. The van der Waals surface area contributed by atoms with E-state index in [2.05, 4.69) is 106 Å². The molecule has 0 aliphatic rings. The molecule has 90 valence electrons. The second-order valence-corrected chi connectivity index (χ2v) is 8.77. The molecule has 3 heteroatoms. The van der Waals surface area contributed by atoms with Gasteiger partial charge in [-0.1, -0.05) is 52.9 Å². The quantitative estimate of drug-likeness (QED) is 0.341. The van der Waals surface area contributed by atoms with Crippen molar-refractivity contribution in [3.63, 3.8) is 0 Å². The van der Waals surface area contributed by atoms with Crippen LogP contribution in [0.4, 0.5) is 5.69 Å². The molecule has 0 N–H and O–H groups in total. The zero-order valence-corrected chi connectivity index (χ0v) is 14.5. The zero-order chi connectivity index (χ0) is 12.6. The van der Waals surface area contributed by atoms with E-state index in [4.69, 9.17) is 0 Å². The van der Waals surface area contributed by atoms with Gasteiger partial charge in [-0.2, -0.15) is 0 Å². The smallest absolute Gasteiger partial charge is 0.0588 e. The molecule has 17 heavy (non-hydrogen) atoms. The number of nitrogens with zero attached hydrogens (tertiary/aromatic N) is 1. The van der Waals surface area contributed by atoms with Gasteiger partial charge in [-0.15, -0.1) is 0 Å². The molecular formula is C14H15I2N. The summed E-state index contributed by atoms with van der Waals surface area (Å²) in [4.78, 5) is 0. The van der Waals surface area contributed by atoms with Gasteiger partial charge < -0.3 is 3.11 Å². The van der Waals surface area contributed by atoms with Crippen LogP contribution in [0.2, 0.25) is 0 Å². The minimum Gasteiger partial charge on any atom is -0.317 e. The molecule has 2 aromatic rings. The highest BCUT2D eigenvalue weighted by Crippen LogP contribution is 2.40. The van der Waals surface area contributed by atoms with Gasteiger partial charge in [0.1, 0.15) is 0 Å². The highest BCUT2D eigenvalue weighted by atomic mass is 127. The molecule has 0 fully saturated rings. The Kier molecular flexibility index (Phi) is 3.87. The fourth-order valence-corrected chi connectivity index (χ4v) is 2.92. The largest absolute Gasteiger partial charge is 0.317 e. The minimum atomic E-state index is 0.139. The second-order valence-electron chi connectivity index (χ2n) is 4.63. The summed E-state index contributed by atoms with van der Waals surface area (Å²) >= 11 is 4.84. The summed E-state index contributed by atoms with van der Waals surface area (Å²) in [6.45, 7) is 4.51. The lowest BCUT2D eigenvalue weighted by Crippen LogP contribution is -2.09. The molecule has 0 aliphatic carbocycles. The first-order chi connectivity index (χ1) is 7.91. The van der Waals surface area contributed by atoms with E-state index in [1.165, 1.54) is 22.0 Å². The fourth-order valence-electron chi connectivity index (χ4n) is 2.07. The van der Waals surface area contributed by atoms with E-state index in [1.54, 1.807) is 0 Å². The Bertz CT molecular complexity index is 536. The third-order valence-electron chi connectivity index (χ3n) is 2.86. The van der Waals surface area contributed by atoms with Crippen LogP contribution in [-0.4, -0.2) is 7.05 Å². The van der Waals surface area contributed by atoms with E-state index in [-0.39, 0.29) is 3.42 Å². The minimum absolute atomic E-state index is 0.139. The van der Waals surface area contributed by atoms with E-state index in [1.807, 2.05) is 0 Å². The van der Waals surface area contributed by atoms with Crippen LogP contribution in [0.3, 0.4) is 0 Å². The van der Waals surface area contributed by atoms with Crippen LogP contribution in [0.15, 0.2) is 36.4 Å². The summed E-state index contributed by atoms with van der Waals surface area (Å²) in [7, 11) is 2.09. The van der Waals surface area contributed by atoms with Gasteiger partial charge in [0, 0.05) is 15.9 Å². The predicted octanol–water partition coefficient (Wildman–Crippen LogP) is 5.30. The highest BCUT2D eigenvalue weighted by molar-refractivity contribution is 14.1. The molecule has 0 amide bonds. The third-order valence-corrected chi connectivity index (χ3v) is 3.96. The topological polar surface area (TPSA) is 3.24 Å². The van der Waals surface area contributed by atoms with Crippen LogP contribution >= 0.6 is 45.5 Å². The van der Waals surface area contributed by atoms with E-state index < -0.39 is 0 Å². The monoisotopic (exact) mass is 451 g/mol. The Balaban J connectivity index is 2.86. The van der Waals surface area contributed by atoms with Gasteiger partial charge in [-0.05, 0) is 30.9 Å². The summed E-state index contributed by atoms with van der Waals surface area (Å²) in [5, 5.41) is 2.68. The first kappa shape index (κ1) is 13.4. The maximum atomic E-state index is 2.51. The molecule has 0 unspecified atom stereocenters. The van der Waals surface area contributed by atoms with Crippen LogP contribution in [0.5, 0.6) is 0 Å². The summed E-state index contributed by atoms with van der Waals surface area (Å²) in [6.07, 6.45) is 0. The van der Waals surface area contributed by atoms with Crippen molar-refractivity contribution in [3.05, 3.63) is 42.0 Å². The second kappa shape index (κ2) is 4.91. The van der Waals surface area contributed by atoms with Crippen molar-refractivity contribution in [2.24, 2.45) is 0 Å². The van der Waals surface area contributed by atoms with Crippen LogP contribution < -0.4 is 3.11 Å². The average Bonchev–Trinajstić information content (AvgIpc) is 2.26. The number of alkyl halides is 1. The number of hydrogen-bond acceptors (Lipinski definition) is 1. The van der Waals surface area contributed by atoms with Gasteiger partial charge in [0.05, 0.1) is 28.6 Å². The third kappa shape index (κ3) is 2.70. The first-order valence-corrected chi connectivity index (χ1v) is 7.56. The van der Waals surface area contributed by atoms with Crippen molar-refractivity contribution in [3.8, 4) is 0 Å². The summed E-state index contributed by atoms with van der Waals surface area (Å²) in [6, 6.07) is 13.1. The number of anilines is 1. The zero-order valence-electron chi connectivity index (χ0n) is 10.2. The average molecular weight is 451 g/mol. The van der Waals surface area contributed by atoms with Gasteiger partial charge in [0.15, 0.2) is 0 Å². The Morgan fingerprint density at radius 2 is 1.65 bits per heavy atom. The van der Waals surface area contributed by atoms with Crippen molar-refractivity contribution >= 4 is 61.9 Å². The van der Waals surface area contributed by atoms with Gasteiger partial charge in [0.2, 0.25) is 0 Å². The lowest BCUT2D eigenvalue weighted by molar-refractivity contribution is 0.836. The van der Waals surface area contributed by atoms with Crippen LogP contribution in [0, 0.1) is 0 Å². The first-order valence-electron chi connectivity index (χ1n) is 5.52. The van der Waals surface area contributed by atoms with E-state index >= 15 is 0 Å². The van der Waals surface area contributed by atoms with Gasteiger partial charge in [0.25, 0.3) is 0 Å². The molecule has 1 nitrogen and oxygen atoms in total. The van der Waals surface area contributed by atoms with Crippen molar-refractivity contribution in [1.29, 1.82) is 0 Å². The summed E-state index contributed by atoms with van der Waals surface area (Å²) in [5.74, 6) is 0. The Morgan fingerprint density at radius 3 is 2.18 bits per heavy atom. The van der Waals surface area contributed by atoms with Crippen LogP contribution in [0.25, 0.3) is 10.8 Å². The molecule has 0 heterocycles. The summed E-state index contributed by atoms with van der Waals surface area (Å²) < 4.78 is 2.30. The van der Waals surface area contributed by atoms with Crippen LogP contribution in [-0.2, 0) is 3.42 Å². The van der Waals surface area contributed by atoms with Crippen molar-refractivity contribution < 1.29 is 0 Å². The normalized spacial score (nSPS) is 11.8. The number of hydrogen-bond donors (Lipinski definition) is 0.